The van der Waals surface area contributed by atoms with Crippen LogP contribution in [0.1, 0.15) is 39.2 Å². The van der Waals surface area contributed by atoms with Crippen LogP contribution in [0.3, 0.4) is 0 Å². The summed E-state index contributed by atoms with van der Waals surface area (Å²) >= 11 is 5.95. The molecule has 2 rings (SSSR count). The van der Waals surface area contributed by atoms with Crippen LogP contribution in [-0.4, -0.2) is 36.2 Å². The van der Waals surface area contributed by atoms with Gasteiger partial charge in [0.15, 0.2) is 0 Å². The van der Waals surface area contributed by atoms with Crippen molar-refractivity contribution >= 4 is 17.7 Å². The van der Waals surface area contributed by atoms with Crippen molar-refractivity contribution < 1.29 is 9.53 Å². The first-order chi connectivity index (χ1) is 10.7. The van der Waals surface area contributed by atoms with Crippen molar-refractivity contribution in [2.24, 2.45) is 11.1 Å². The molecule has 23 heavy (non-hydrogen) atoms. The minimum Gasteiger partial charge on any atom is -0.444 e. The molecule has 0 radical (unpaired) electrons. The summed E-state index contributed by atoms with van der Waals surface area (Å²) in [7, 11) is 0. The van der Waals surface area contributed by atoms with Gasteiger partial charge in [0.25, 0.3) is 0 Å². The van der Waals surface area contributed by atoms with Crippen molar-refractivity contribution in [1.29, 1.82) is 0 Å². The van der Waals surface area contributed by atoms with Crippen molar-refractivity contribution in [3.63, 3.8) is 0 Å². The van der Waals surface area contributed by atoms with Crippen LogP contribution < -0.4 is 5.73 Å². The number of nitrogens with zero attached hydrogens (tertiary/aromatic N) is 1. The molecule has 0 aliphatic carbocycles. The van der Waals surface area contributed by atoms with Gasteiger partial charge in [-0.3, -0.25) is 0 Å². The number of likely N-dealkylation sites (tertiary alicyclic amines) is 1. The van der Waals surface area contributed by atoms with Gasteiger partial charge in [-0.15, -0.1) is 0 Å². The van der Waals surface area contributed by atoms with E-state index in [0.717, 1.165) is 24.3 Å². The number of ether oxygens (including phenoxy) is 1. The minimum atomic E-state index is -0.456. The molecular weight excluding hydrogens is 312 g/mol. The Labute approximate surface area is 143 Å². The second-order valence-electron chi connectivity index (χ2n) is 7.47. The Kier molecular flexibility index (Phi) is 5.58. The molecule has 1 aliphatic rings. The van der Waals surface area contributed by atoms with E-state index in [9.17, 15) is 4.79 Å². The maximum absolute atomic E-state index is 12.2. The average molecular weight is 339 g/mol. The first kappa shape index (κ1) is 18.1. The average Bonchev–Trinajstić information content (AvgIpc) is 2.48. The van der Waals surface area contributed by atoms with Gasteiger partial charge < -0.3 is 15.4 Å². The van der Waals surface area contributed by atoms with Crippen LogP contribution in [0, 0.1) is 5.41 Å². The highest BCUT2D eigenvalue weighted by Crippen LogP contribution is 2.35. The number of rotatable bonds is 3. The van der Waals surface area contributed by atoms with Gasteiger partial charge in [-0.2, -0.15) is 0 Å². The third-order valence-corrected chi connectivity index (χ3v) is 4.65. The molecule has 0 unspecified atom stereocenters. The quantitative estimate of drug-likeness (QED) is 0.910. The monoisotopic (exact) mass is 338 g/mol. The normalized spacial score (nSPS) is 17.9. The molecule has 2 N–H and O–H groups in total. The molecule has 1 amide bonds. The summed E-state index contributed by atoms with van der Waals surface area (Å²) in [5.74, 6) is 0. The second-order valence-corrected chi connectivity index (χ2v) is 7.91. The molecule has 0 bridgehead atoms. The Bertz CT molecular complexity index is 529. The topological polar surface area (TPSA) is 55.6 Å². The predicted octanol–water partition coefficient (Wildman–Crippen LogP) is 3.86. The van der Waals surface area contributed by atoms with Gasteiger partial charge in [0.2, 0.25) is 0 Å². The van der Waals surface area contributed by atoms with E-state index in [-0.39, 0.29) is 11.5 Å². The molecule has 0 saturated carbocycles. The van der Waals surface area contributed by atoms with E-state index < -0.39 is 5.60 Å². The fourth-order valence-corrected chi connectivity index (χ4v) is 3.10. The summed E-state index contributed by atoms with van der Waals surface area (Å²) in [5.41, 5.74) is 6.91. The number of piperidine rings is 1. The highest BCUT2D eigenvalue weighted by molar-refractivity contribution is 6.30. The molecule has 128 valence electrons. The van der Waals surface area contributed by atoms with E-state index in [2.05, 4.69) is 12.1 Å². The fraction of sp³-hybridized carbons (Fsp3) is 0.611. The van der Waals surface area contributed by atoms with Crippen molar-refractivity contribution in [2.45, 2.75) is 45.6 Å². The first-order valence-electron chi connectivity index (χ1n) is 8.15. The van der Waals surface area contributed by atoms with E-state index in [1.807, 2.05) is 32.9 Å². The lowest BCUT2D eigenvalue weighted by Gasteiger charge is -2.41. The molecule has 5 heteroatoms. The number of benzene rings is 1. The minimum absolute atomic E-state index is 0.0480. The van der Waals surface area contributed by atoms with Gasteiger partial charge in [0.05, 0.1) is 0 Å². The van der Waals surface area contributed by atoms with Crippen LogP contribution in [0.4, 0.5) is 4.79 Å². The lowest BCUT2D eigenvalue weighted by Crippen LogP contribution is -2.48. The first-order valence-corrected chi connectivity index (χ1v) is 8.53. The zero-order chi connectivity index (χ0) is 17.1. The summed E-state index contributed by atoms with van der Waals surface area (Å²) < 4.78 is 5.45. The number of carbonyl (C=O) groups excluding carboxylic acids is 1. The third-order valence-electron chi connectivity index (χ3n) is 4.40. The SMILES string of the molecule is CC(C)(C)OC(=O)N1CCC(CN)(Cc2ccc(Cl)cc2)CC1. The van der Waals surface area contributed by atoms with Gasteiger partial charge in [0.1, 0.15) is 5.60 Å². The zero-order valence-electron chi connectivity index (χ0n) is 14.3. The zero-order valence-corrected chi connectivity index (χ0v) is 15.0. The number of hydrogen-bond acceptors (Lipinski definition) is 3. The van der Waals surface area contributed by atoms with Gasteiger partial charge in [-0.05, 0) is 69.7 Å². The van der Waals surface area contributed by atoms with Crippen molar-refractivity contribution in [2.75, 3.05) is 19.6 Å². The molecular formula is C18H27ClN2O2. The molecule has 1 aliphatic heterocycles. The summed E-state index contributed by atoms with van der Waals surface area (Å²) in [6.45, 7) is 7.68. The largest absolute Gasteiger partial charge is 0.444 e. The molecule has 1 heterocycles. The van der Waals surface area contributed by atoms with E-state index in [0.29, 0.717) is 19.6 Å². The maximum atomic E-state index is 12.2. The highest BCUT2D eigenvalue weighted by Gasteiger charge is 2.36. The maximum Gasteiger partial charge on any atom is 0.410 e. The van der Waals surface area contributed by atoms with Crippen molar-refractivity contribution in [3.8, 4) is 0 Å². The summed E-state index contributed by atoms with van der Waals surface area (Å²) in [5, 5.41) is 0.746. The highest BCUT2D eigenvalue weighted by atomic mass is 35.5. The number of amides is 1. The van der Waals surface area contributed by atoms with E-state index in [1.165, 1.54) is 5.56 Å². The Balaban J connectivity index is 1.96. The van der Waals surface area contributed by atoms with Crippen LogP contribution in [0.5, 0.6) is 0 Å². The van der Waals surface area contributed by atoms with Gasteiger partial charge in [0, 0.05) is 18.1 Å². The van der Waals surface area contributed by atoms with Crippen LogP contribution in [0.2, 0.25) is 5.02 Å². The summed E-state index contributed by atoms with van der Waals surface area (Å²) in [6.07, 6.45) is 2.48. The number of carbonyl (C=O) groups is 1. The summed E-state index contributed by atoms with van der Waals surface area (Å²) in [4.78, 5) is 14.0. The smallest absolute Gasteiger partial charge is 0.410 e. The van der Waals surface area contributed by atoms with E-state index >= 15 is 0 Å². The van der Waals surface area contributed by atoms with E-state index in [4.69, 9.17) is 22.1 Å². The Morgan fingerprint density at radius 3 is 2.30 bits per heavy atom. The number of hydrogen-bond donors (Lipinski definition) is 1. The number of halogens is 1. The fourth-order valence-electron chi connectivity index (χ4n) is 2.98. The Hall–Kier alpha value is -1.26. The Morgan fingerprint density at radius 1 is 1.26 bits per heavy atom. The Morgan fingerprint density at radius 2 is 1.83 bits per heavy atom. The molecule has 0 spiro atoms. The van der Waals surface area contributed by atoms with Crippen LogP contribution >= 0.6 is 11.6 Å². The van der Waals surface area contributed by atoms with E-state index in [1.54, 1.807) is 4.90 Å². The van der Waals surface area contributed by atoms with Crippen LogP contribution in [0.15, 0.2) is 24.3 Å². The lowest BCUT2D eigenvalue weighted by molar-refractivity contribution is 0.0109. The van der Waals surface area contributed by atoms with Gasteiger partial charge >= 0.3 is 6.09 Å². The van der Waals surface area contributed by atoms with Gasteiger partial charge in [-0.25, -0.2) is 4.79 Å². The second kappa shape index (κ2) is 7.10. The molecule has 1 fully saturated rings. The number of nitrogens with two attached hydrogens (primary N) is 1. The molecule has 1 saturated heterocycles. The molecule has 4 nitrogen and oxygen atoms in total. The predicted molar refractivity (Wildman–Crippen MR) is 93.7 cm³/mol. The van der Waals surface area contributed by atoms with Crippen LogP contribution in [-0.2, 0) is 11.2 Å². The third kappa shape index (κ3) is 5.11. The molecule has 0 atom stereocenters. The summed E-state index contributed by atoms with van der Waals surface area (Å²) in [6, 6.07) is 7.94. The van der Waals surface area contributed by atoms with Crippen molar-refractivity contribution in [3.05, 3.63) is 34.9 Å². The molecule has 1 aromatic carbocycles. The van der Waals surface area contributed by atoms with Crippen molar-refractivity contribution in [1.82, 2.24) is 4.90 Å². The van der Waals surface area contributed by atoms with Gasteiger partial charge in [-0.1, -0.05) is 23.7 Å². The van der Waals surface area contributed by atoms with Crippen LogP contribution in [0.25, 0.3) is 0 Å². The molecule has 1 aromatic rings. The lowest BCUT2D eigenvalue weighted by atomic mass is 9.74. The molecule has 0 aromatic heterocycles. The standard InChI is InChI=1S/C18H27ClN2O2/c1-17(2,3)23-16(22)21-10-8-18(13-20,9-11-21)12-14-4-6-15(19)7-5-14/h4-7H,8-13,20H2,1-3H3.